The van der Waals surface area contributed by atoms with Gasteiger partial charge in [-0.05, 0) is 37.5 Å². The number of hydrogen-bond acceptors (Lipinski definition) is 3. The van der Waals surface area contributed by atoms with Crippen molar-refractivity contribution in [1.29, 1.82) is 0 Å². The van der Waals surface area contributed by atoms with Crippen molar-refractivity contribution in [2.45, 2.75) is 58.5 Å². The third-order valence-corrected chi connectivity index (χ3v) is 4.01. The number of aliphatic hydroxyl groups is 1. The fourth-order valence-corrected chi connectivity index (χ4v) is 2.62. The first-order valence-electron chi connectivity index (χ1n) is 6.15. The van der Waals surface area contributed by atoms with Crippen LogP contribution in [0.3, 0.4) is 0 Å². The molecule has 1 rings (SSSR count). The Kier molecular flexibility index (Phi) is 4.00. The summed E-state index contributed by atoms with van der Waals surface area (Å²) in [4.78, 5) is 11.6. The van der Waals surface area contributed by atoms with Crippen LogP contribution < -0.4 is 0 Å². The van der Waals surface area contributed by atoms with E-state index in [9.17, 15) is 9.90 Å². The molecule has 3 heteroatoms. The number of ether oxygens (including phenoxy) is 1. The van der Waals surface area contributed by atoms with Gasteiger partial charge in [-0.25, -0.2) is 0 Å². The van der Waals surface area contributed by atoms with Crippen LogP contribution in [0.15, 0.2) is 0 Å². The van der Waals surface area contributed by atoms with Gasteiger partial charge >= 0.3 is 5.97 Å². The van der Waals surface area contributed by atoms with E-state index in [0.29, 0.717) is 24.7 Å². The SMILES string of the molecule is CCC(C(=O)OC)C1(O)CCC(C)(C)CC1. The fourth-order valence-electron chi connectivity index (χ4n) is 2.62. The molecule has 3 nitrogen and oxygen atoms in total. The highest BCUT2D eigenvalue weighted by Crippen LogP contribution is 2.44. The van der Waals surface area contributed by atoms with Crippen LogP contribution in [0.4, 0.5) is 0 Å². The molecule has 1 aliphatic rings. The predicted octanol–water partition coefficient (Wildman–Crippen LogP) is 2.52. The van der Waals surface area contributed by atoms with E-state index in [1.54, 1.807) is 0 Å². The maximum atomic E-state index is 11.6. The van der Waals surface area contributed by atoms with Crippen LogP contribution in [0.5, 0.6) is 0 Å². The highest BCUT2D eigenvalue weighted by Gasteiger charge is 2.45. The average molecular weight is 228 g/mol. The minimum atomic E-state index is -0.850. The molecule has 0 spiro atoms. The topological polar surface area (TPSA) is 46.5 Å². The molecule has 0 aliphatic heterocycles. The van der Waals surface area contributed by atoms with Gasteiger partial charge in [-0.15, -0.1) is 0 Å². The molecule has 1 aliphatic carbocycles. The molecule has 0 saturated heterocycles. The van der Waals surface area contributed by atoms with Crippen LogP contribution in [-0.2, 0) is 9.53 Å². The zero-order valence-electron chi connectivity index (χ0n) is 10.9. The van der Waals surface area contributed by atoms with Crippen molar-refractivity contribution >= 4 is 5.97 Å². The lowest BCUT2D eigenvalue weighted by Crippen LogP contribution is -2.46. The van der Waals surface area contributed by atoms with Crippen molar-refractivity contribution in [2.24, 2.45) is 11.3 Å². The first-order chi connectivity index (χ1) is 7.34. The third-order valence-electron chi connectivity index (χ3n) is 4.01. The molecule has 16 heavy (non-hydrogen) atoms. The number of esters is 1. The fraction of sp³-hybridized carbons (Fsp3) is 0.923. The van der Waals surface area contributed by atoms with Crippen molar-refractivity contribution in [1.82, 2.24) is 0 Å². The van der Waals surface area contributed by atoms with Crippen molar-refractivity contribution in [2.75, 3.05) is 7.11 Å². The Morgan fingerprint density at radius 1 is 1.31 bits per heavy atom. The van der Waals surface area contributed by atoms with Crippen LogP contribution in [0, 0.1) is 11.3 Å². The van der Waals surface area contributed by atoms with Crippen molar-refractivity contribution in [3.8, 4) is 0 Å². The molecule has 1 atom stereocenters. The van der Waals surface area contributed by atoms with Gasteiger partial charge in [-0.3, -0.25) is 4.79 Å². The second kappa shape index (κ2) is 4.74. The minimum absolute atomic E-state index is 0.273. The zero-order valence-corrected chi connectivity index (χ0v) is 10.9. The van der Waals surface area contributed by atoms with E-state index in [-0.39, 0.29) is 11.9 Å². The maximum Gasteiger partial charge on any atom is 0.311 e. The van der Waals surface area contributed by atoms with E-state index in [4.69, 9.17) is 4.74 Å². The second-order valence-electron chi connectivity index (χ2n) is 5.75. The van der Waals surface area contributed by atoms with E-state index in [1.807, 2.05) is 6.92 Å². The monoisotopic (exact) mass is 228 g/mol. The smallest absolute Gasteiger partial charge is 0.311 e. The Hall–Kier alpha value is -0.570. The van der Waals surface area contributed by atoms with Crippen LogP contribution in [0.2, 0.25) is 0 Å². The maximum absolute atomic E-state index is 11.6. The van der Waals surface area contributed by atoms with Crippen molar-refractivity contribution in [3.63, 3.8) is 0 Å². The highest BCUT2D eigenvalue weighted by atomic mass is 16.5. The molecule has 1 fully saturated rings. The third kappa shape index (κ3) is 2.76. The van der Waals surface area contributed by atoms with Crippen LogP contribution in [0.1, 0.15) is 52.9 Å². The van der Waals surface area contributed by atoms with Gasteiger partial charge in [-0.2, -0.15) is 0 Å². The van der Waals surface area contributed by atoms with Crippen molar-refractivity contribution in [3.05, 3.63) is 0 Å². The molecular formula is C13H24O3. The van der Waals surface area contributed by atoms with E-state index in [2.05, 4.69) is 13.8 Å². The molecule has 1 unspecified atom stereocenters. The van der Waals surface area contributed by atoms with E-state index in [1.165, 1.54) is 7.11 Å². The molecule has 0 radical (unpaired) electrons. The Labute approximate surface area is 98.2 Å². The van der Waals surface area contributed by atoms with Crippen LogP contribution in [-0.4, -0.2) is 23.8 Å². The van der Waals surface area contributed by atoms with Crippen LogP contribution in [0.25, 0.3) is 0 Å². The molecular weight excluding hydrogens is 204 g/mol. The van der Waals surface area contributed by atoms with Gasteiger partial charge in [0.25, 0.3) is 0 Å². The number of rotatable bonds is 3. The molecule has 0 bridgehead atoms. The van der Waals surface area contributed by atoms with Gasteiger partial charge in [0.15, 0.2) is 0 Å². The Morgan fingerprint density at radius 3 is 2.19 bits per heavy atom. The number of methoxy groups -OCH3 is 1. The van der Waals surface area contributed by atoms with E-state index in [0.717, 1.165) is 12.8 Å². The zero-order chi connectivity index (χ0) is 12.4. The summed E-state index contributed by atoms with van der Waals surface area (Å²) in [5.74, 6) is -0.640. The van der Waals surface area contributed by atoms with Crippen LogP contribution >= 0.6 is 0 Å². The first kappa shape index (κ1) is 13.5. The quantitative estimate of drug-likeness (QED) is 0.755. The molecule has 0 aromatic carbocycles. The predicted molar refractivity (Wildman–Crippen MR) is 63.0 cm³/mol. The highest BCUT2D eigenvalue weighted by molar-refractivity contribution is 5.73. The largest absolute Gasteiger partial charge is 0.469 e. The lowest BCUT2D eigenvalue weighted by atomic mass is 9.66. The molecule has 1 N–H and O–H groups in total. The standard InChI is InChI=1S/C13H24O3/c1-5-10(11(14)16-4)13(15)8-6-12(2,3)7-9-13/h10,15H,5-9H2,1-4H3. The Morgan fingerprint density at radius 2 is 1.81 bits per heavy atom. The normalized spacial score (nSPS) is 24.8. The molecule has 0 aromatic heterocycles. The molecule has 0 amide bonds. The van der Waals surface area contributed by atoms with Gasteiger partial charge in [0.05, 0.1) is 18.6 Å². The summed E-state index contributed by atoms with van der Waals surface area (Å²) >= 11 is 0. The minimum Gasteiger partial charge on any atom is -0.469 e. The molecule has 0 heterocycles. The first-order valence-corrected chi connectivity index (χ1v) is 6.15. The summed E-state index contributed by atoms with van der Waals surface area (Å²) < 4.78 is 4.77. The summed E-state index contributed by atoms with van der Waals surface area (Å²) in [6.07, 6.45) is 3.98. The van der Waals surface area contributed by atoms with Gasteiger partial charge < -0.3 is 9.84 Å². The summed E-state index contributed by atoms with van der Waals surface area (Å²) in [7, 11) is 1.39. The summed E-state index contributed by atoms with van der Waals surface area (Å²) in [6.45, 7) is 6.36. The van der Waals surface area contributed by atoms with Gasteiger partial charge in [0.2, 0.25) is 0 Å². The number of hydrogen-bond donors (Lipinski definition) is 1. The van der Waals surface area contributed by atoms with Gasteiger partial charge in [0.1, 0.15) is 0 Å². The second-order valence-corrected chi connectivity index (χ2v) is 5.75. The summed E-state index contributed by atoms with van der Waals surface area (Å²) in [5.41, 5.74) is -0.558. The summed E-state index contributed by atoms with van der Waals surface area (Å²) in [6, 6.07) is 0. The Balaban J connectivity index is 2.74. The van der Waals surface area contributed by atoms with Gasteiger partial charge in [0, 0.05) is 0 Å². The Bertz CT molecular complexity index is 248. The summed E-state index contributed by atoms with van der Waals surface area (Å²) in [5, 5.41) is 10.6. The average Bonchev–Trinajstić information content (AvgIpc) is 2.24. The lowest BCUT2D eigenvalue weighted by molar-refractivity contribution is -0.160. The number of carbonyl (C=O) groups excluding carboxylic acids is 1. The van der Waals surface area contributed by atoms with Gasteiger partial charge in [-0.1, -0.05) is 20.8 Å². The molecule has 0 aromatic rings. The van der Waals surface area contributed by atoms with Crippen molar-refractivity contribution < 1.29 is 14.6 Å². The lowest BCUT2D eigenvalue weighted by Gasteiger charge is -2.43. The molecule has 1 saturated carbocycles. The van der Waals surface area contributed by atoms with E-state index >= 15 is 0 Å². The number of carbonyl (C=O) groups is 1. The molecule has 94 valence electrons. The van der Waals surface area contributed by atoms with E-state index < -0.39 is 5.60 Å².